The lowest BCUT2D eigenvalue weighted by Gasteiger charge is -2.15. The third-order valence-corrected chi connectivity index (χ3v) is 3.42. The number of carbonyl (C=O) groups is 1. The Morgan fingerprint density at radius 2 is 2.00 bits per heavy atom. The van der Waals surface area contributed by atoms with Crippen molar-refractivity contribution in [1.82, 2.24) is 10.6 Å². The number of nitrogens with one attached hydrogen (secondary N) is 3. The van der Waals surface area contributed by atoms with Crippen LogP contribution in [0.3, 0.4) is 0 Å². The molecular weight excluding hydrogens is 334 g/mol. The van der Waals surface area contributed by atoms with Crippen molar-refractivity contribution in [2.24, 2.45) is 0 Å². The molecule has 0 radical (unpaired) electrons. The van der Waals surface area contributed by atoms with Crippen molar-refractivity contribution < 1.29 is 22.4 Å². The largest absolute Gasteiger partial charge is 0.405 e. The van der Waals surface area contributed by atoms with Crippen LogP contribution in [0, 0.1) is 12.7 Å². The van der Waals surface area contributed by atoms with Crippen molar-refractivity contribution >= 4 is 28.9 Å². The highest BCUT2D eigenvalue weighted by Crippen LogP contribution is 2.23. The summed E-state index contributed by atoms with van der Waals surface area (Å²) in [5, 5.41) is 6.66. The van der Waals surface area contributed by atoms with Crippen LogP contribution in [0.1, 0.15) is 28.8 Å². The summed E-state index contributed by atoms with van der Waals surface area (Å²) in [6.07, 6.45) is -2.63. The summed E-state index contributed by atoms with van der Waals surface area (Å²) >= 11 is 4.70. The molecule has 1 amide bonds. The molecule has 1 aliphatic carbocycles. The SMILES string of the molecule is Cc1cc(F)c(NC(=S)NCC(F)(F)F)cc1C(=O)NC1CC1. The second kappa shape index (κ2) is 6.69. The van der Waals surface area contributed by atoms with Gasteiger partial charge in [0.2, 0.25) is 0 Å². The predicted octanol–water partition coefficient (Wildman–Crippen LogP) is 2.88. The van der Waals surface area contributed by atoms with Crippen LogP contribution in [0.4, 0.5) is 23.2 Å². The Bertz CT molecular complexity index is 629. The molecule has 1 aromatic rings. The third-order valence-electron chi connectivity index (χ3n) is 3.17. The molecule has 0 heterocycles. The van der Waals surface area contributed by atoms with Gasteiger partial charge in [-0.15, -0.1) is 0 Å². The number of aryl methyl sites for hydroxylation is 1. The van der Waals surface area contributed by atoms with Gasteiger partial charge in [0.15, 0.2) is 5.11 Å². The normalized spacial score (nSPS) is 14.3. The summed E-state index contributed by atoms with van der Waals surface area (Å²) in [5.41, 5.74) is 0.524. The molecule has 0 spiro atoms. The van der Waals surface area contributed by atoms with Crippen LogP contribution in [0.5, 0.6) is 0 Å². The lowest BCUT2D eigenvalue weighted by Crippen LogP contribution is -2.36. The van der Waals surface area contributed by atoms with Gasteiger partial charge < -0.3 is 16.0 Å². The minimum absolute atomic E-state index is 0.137. The molecule has 1 aromatic carbocycles. The molecule has 0 unspecified atom stereocenters. The maximum atomic E-state index is 13.9. The number of thiocarbonyl (C=S) groups is 1. The van der Waals surface area contributed by atoms with E-state index in [4.69, 9.17) is 12.2 Å². The average molecular weight is 349 g/mol. The number of rotatable bonds is 4. The number of halogens is 4. The molecule has 4 nitrogen and oxygen atoms in total. The third kappa shape index (κ3) is 5.34. The van der Waals surface area contributed by atoms with Crippen LogP contribution >= 0.6 is 12.2 Å². The number of benzene rings is 1. The van der Waals surface area contributed by atoms with Crippen LogP contribution in [-0.4, -0.2) is 29.8 Å². The lowest BCUT2D eigenvalue weighted by atomic mass is 10.1. The van der Waals surface area contributed by atoms with Crippen molar-refractivity contribution in [3.63, 3.8) is 0 Å². The van der Waals surface area contributed by atoms with Gasteiger partial charge in [0.05, 0.1) is 5.69 Å². The van der Waals surface area contributed by atoms with Crippen LogP contribution in [-0.2, 0) is 0 Å². The van der Waals surface area contributed by atoms with Gasteiger partial charge in [-0.3, -0.25) is 4.79 Å². The monoisotopic (exact) mass is 349 g/mol. The number of hydrogen-bond donors (Lipinski definition) is 3. The van der Waals surface area contributed by atoms with E-state index in [9.17, 15) is 22.4 Å². The minimum atomic E-state index is -4.44. The Labute approximate surface area is 135 Å². The molecule has 0 atom stereocenters. The van der Waals surface area contributed by atoms with E-state index in [2.05, 4.69) is 10.6 Å². The first-order chi connectivity index (χ1) is 10.7. The fourth-order valence-corrected chi connectivity index (χ4v) is 2.03. The zero-order valence-electron chi connectivity index (χ0n) is 12.2. The van der Waals surface area contributed by atoms with Crippen molar-refractivity contribution in [1.29, 1.82) is 0 Å². The topological polar surface area (TPSA) is 53.2 Å². The van der Waals surface area contributed by atoms with Gasteiger partial charge in [0.1, 0.15) is 12.4 Å². The van der Waals surface area contributed by atoms with Gasteiger partial charge >= 0.3 is 6.18 Å². The highest BCUT2D eigenvalue weighted by atomic mass is 32.1. The maximum Gasteiger partial charge on any atom is 0.405 e. The van der Waals surface area contributed by atoms with E-state index >= 15 is 0 Å². The molecule has 23 heavy (non-hydrogen) atoms. The number of carbonyl (C=O) groups excluding carboxylic acids is 1. The second-order valence-corrected chi connectivity index (χ2v) is 5.73. The first-order valence-electron chi connectivity index (χ1n) is 6.88. The van der Waals surface area contributed by atoms with E-state index in [1.807, 2.05) is 5.32 Å². The second-order valence-electron chi connectivity index (χ2n) is 5.32. The molecule has 9 heteroatoms. The van der Waals surface area contributed by atoms with Gasteiger partial charge in [-0.25, -0.2) is 4.39 Å². The fraction of sp³-hybridized carbons (Fsp3) is 0.429. The summed E-state index contributed by atoms with van der Waals surface area (Å²) in [6.45, 7) is 0.246. The Morgan fingerprint density at radius 1 is 1.35 bits per heavy atom. The molecule has 0 saturated heterocycles. The van der Waals surface area contributed by atoms with Crippen LogP contribution < -0.4 is 16.0 Å². The van der Waals surface area contributed by atoms with Crippen molar-refractivity contribution in [3.05, 3.63) is 29.1 Å². The first-order valence-corrected chi connectivity index (χ1v) is 7.29. The van der Waals surface area contributed by atoms with Crippen molar-refractivity contribution in [3.8, 4) is 0 Å². The Hall–Kier alpha value is -1.90. The average Bonchev–Trinajstić information content (AvgIpc) is 3.22. The molecule has 1 aliphatic rings. The summed E-state index contributed by atoms with van der Waals surface area (Å²) in [6, 6.07) is 2.51. The van der Waals surface area contributed by atoms with Gasteiger partial charge in [-0.1, -0.05) is 0 Å². The molecule has 1 fully saturated rings. The van der Waals surface area contributed by atoms with Crippen molar-refractivity contribution in [2.45, 2.75) is 32.0 Å². The Morgan fingerprint density at radius 3 is 2.57 bits per heavy atom. The molecular formula is C14H15F4N3OS. The van der Waals surface area contributed by atoms with Gasteiger partial charge in [-0.2, -0.15) is 13.2 Å². The molecule has 2 rings (SSSR count). The molecule has 0 bridgehead atoms. The summed E-state index contributed by atoms with van der Waals surface area (Å²) in [5.74, 6) is -1.05. The van der Waals surface area contributed by atoms with E-state index in [1.54, 1.807) is 6.92 Å². The quantitative estimate of drug-likeness (QED) is 0.578. The standard InChI is InChI=1S/C14H15F4N3OS/c1-7-4-10(15)11(21-13(23)19-6-14(16,17)18)5-9(7)12(22)20-8-2-3-8/h4-5,8H,2-3,6H2,1H3,(H,20,22)(H2,19,21,23). The zero-order valence-corrected chi connectivity index (χ0v) is 13.0. The Kier molecular flexibility index (Phi) is 5.08. The molecule has 0 aliphatic heterocycles. The van der Waals surface area contributed by atoms with E-state index < -0.39 is 18.5 Å². The number of hydrogen-bond acceptors (Lipinski definition) is 2. The highest BCUT2D eigenvalue weighted by molar-refractivity contribution is 7.80. The summed E-state index contributed by atoms with van der Waals surface area (Å²) in [4.78, 5) is 12.1. The van der Waals surface area contributed by atoms with Gasteiger partial charge in [0.25, 0.3) is 5.91 Å². The number of alkyl halides is 3. The van der Waals surface area contributed by atoms with Crippen LogP contribution in [0.25, 0.3) is 0 Å². The number of anilines is 1. The maximum absolute atomic E-state index is 13.9. The van der Waals surface area contributed by atoms with E-state index in [0.29, 0.717) is 5.56 Å². The molecule has 126 valence electrons. The highest BCUT2D eigenvalue weighted by Gasteiger charge is 2.27. The zero-order chi connectivity index (χ0) is 17.2. The fourth-order valence-electron chi connectivity index (χ4n) is 1.85. The summed E-state index contributed by atoms with van der Waals surface area (Å²) in [7, 11) is 0. The molecule has 3 N–H and O–H groups in total. The lowest BCUT2D eigenvalue weighted by molar-refractivity contribution is -0.121. The number of amides is 1. The summed E-state index contributed by atoms with van der Waals surface area (Å²) < 4.78 is 50.2. The first kappa shape index (κ1) is 17.5. The van der Waals surface area contributed by atoms with Crippen LogP contribution in [0.15, 0.2) is 12.1 Å². The van der Waals surface area contributed by atoms with Crippen LogP contribution in [0.2, 0.25) is 0 Å². The smallest absolute Gasteiger partial charge is 0.353 e. The molecule has 1 saturated carbocycles. The van der Waals surface area contributed by atoms with E-state index in [1.165, 1.54) is 6.07 Å². The van der Waals surface area contributed by atoms with E-state index in [0.717, 1.165) is 18.9 Å². The predicted molar refractivity (Wildman–Crippen MR) is 81.9 cm³/mol. The van der Waals surface area contributed by atoms with Gasteiger partial charge in [0, 0.05) is 11.6 Å². The van der Waals surface area contributed by atoms with E-state index in [-0.39, 0.29) is 28.3 Å². The minimum Gasteiger partial charge on any atom is -0.353 e. The van der Waals surface area contributed by atoms with Gasteiger partial charge in [-0.05, 0) is 49.7 Å². The van der Waals surface area contributed by atoms with Crippen molar-refractivity contribution in [2.75, 3.05) is 11.9 Å². The molecule has 0 aromatic heterocycles. The Balaban J connectivity index is 2.08.